The third kappa shape index (κ3) is 5.22. The fourth-order valence-corrected chi connectivity index (χ4v) is 1.82. The van der Waals surface area contributed by atoms with Crippen molar-refractivity contribution in [3.8, 4) is 0 Å². The average Bonchev–Trinajstić information content (AvgIpc) is 2.64. The van der Waals surface area contributed by atoms with Crippen LogP contribution in [0.2, 0.25) is 0 Å². The standard InChI is InChI=1S/C12H20N2O2.ClH/c1-3-4-5-6-7-11(12(15)16)14-9-8-13(2)10-14;/h8-11H,3-7H2,1-2H3;1H. The van der Waals surface area contributed by atoms with Gasteiger partial charge in [-0.1, -0.05) is 26.2 Å². The van der Waals surface area contributed by atoms with Gasteiger partial charge in [0.1, 0.15) is 12.4 Å². The predicted octanol–water partition coefficient (Wildman–Crippen LogP) is -1.09. The Morgan fingerprint density at radius 3 is 2.59 bits per heavy atom. The Labute approximate surface area is 109 Å². The third-order valence-electron chi connectivity index (χ3n) is 2.77. The van der Waals surface area contributed by atoms with Gasteiger partial charge in [0, 0.05) is 0 Å². The summed E-state index contributed by atoms with van der Waals surface area (Å²) in [6, 6.07) is -0.418. The molecule has 5 heteroatoms. The van der Waals surface area contributed by atoms with Crippen molar-refractivity contribution in [3.63, 3.8) is 0 Å². The normalized spacial score (nSPS) is 11.9. The molecule has 0 fully saturated rings. The van der Waals surface area contributed by atoms with Gasteiger partial charge in [0.15, 0.2) is 6.04 Å². The summed E-state index contributed by atoms with van der Waals surface area (Å²) in [7, 11) is 1.90. The molecule has 98 valence electrons. The van der Waals surface area contributed by atoms with E-state index >= 15 is 0 Å². The minimum absolute atomic E-state index is 0. The van der Waals surface area contributed by atoms with Crippen molar-refractivity contribution in [1.29, 1.82) is 0 Å². The van der Waals surface area contributed by atoms with Gasteiger partial charge in [-0.25, -0.2) is 13.9 Å². The second-order valence-electron chi connectivity index (χ2n) is 4.23. The van der Waals surface area contributed by atoms with Gasteiger partial charge in [-0.3, -0.25) is 0 Å². The number of hydrogen-bond acceptors (Lipinski definition) is 1. The fourth-order valence-electron chi connectivity index (χ4n) is 1.82. The van der Waals surface area contributed by atoms with Gasteiger partial charge in [0.25, 0.3) is 0 Å². The zero-order valence-electron chi connectivity index (χ0n) is 10.5. The van der Waals surface area contributed by atoms with Gasteiger partial charge in [-0.05, 0) is 12.8 Å². The molecule has 0 bridgehead atoms. The molecule has 1 aromatic rings. The fraction of sp³-hybridized carbons (Fsp3) is 0.667. The van der Waals surface area contributed by atoms with Crippen LogP contribution < -0.4 is 17.0 Å². The summed E-state index contributed by atoms with van der Waals surface area (Å²) in [5, 5.41) is 9.16. The van der Waals surface area contributed by atoms with Crippen LogP contribution in [0.4, 0.5) is 0 Å². The van der Waals surface area contributed by atoms with Gasteiger partial charge in [0.05, 0.1) is 7.05 Å². The summed E-state index contributed by atoms with van der Waals surface area (Å²) >= 11 is 0. The molecular formula is C12H21ClN2O2. The van der Waals surface area contributed by atoms with E-state index in [1.807, 2.05) is 30.3 Å². The first-order valence-corrected chi connectivity index (χ1v) is 5.90. The van der Waals surface area contributed by atoms with Gasteiger partial charge in [-0.2, -0.15) is 0 Å². The molecule has 1 unspecified atom stereocenters. The Morgan fingerprint density at radius 1 is 1.41 bits per heavy atom. The van der Waals surface area contributed by atoms with Crippen LogP contribution in [0.1, 0.15) is 45.1 Å². The Kier molecular flexibility index (Phi) is 7.63. The van der Waals surface area contributed by atoms with E-state index in [1.54, 1.807) is 4.57 Å². The molecule has 0 aliphatic carbocycles. The van der Waals surface area contributed by atoms with E-state index in [9.17, 15) is 4.79 Å². The first-order chi connectivity index (χ1) is 7.65. The molecule has 0 radical (unpaired) electrons. The maximum Gasteiger partial charge on any atom is 0.349 e. The van der Waals surface area contributed by atoms with Crippen LogP contribution in [-0.2, 0) is 11.8 Å². The number of aryl methyl sites for hydroxylation is 1. The number of carboxylic acids is 1. The molecule has 0 saturated carbocycles. The molecule has 0 spiro atoms. The lowest BCUT2D eigenvalue weighted by Gasteiger charge is -2.08. The lowest BCUT2D eigenvalue weighted by molar-refractivity contribution is -0.671. The lowest BCUT2D eigenvalue weighted by Crippen LogP contribution is -3.00. The Bertz CT molecular complexity index is 339. The molecule has 1 N–H and O–H groups in total. The molecule has 1 heterocycles. The monoisotopic (exact) mass is 260 g/mol. The molecule has 0 aliphatic rings. The largest absolute Gasteiger partial charge is 1.00 e. The minimum Gasteiger partial charge on any atom is -1.00 e. The summed E-state index contributed by atoms with van der Waals surface area (Å²) in [5.41, 5.74) is 0. The topological polar surface area (TPSA) is 46.1 Å². The summed E-state index contributed by atoms with van der Waals surface area (Å²) in [4.78, 5) is 11.1. The van der Waals surface area contributed by atoms with E-state index in [0.717, 1.165) is 12.8 Å². The molecule has 4 nitrogen and oxygen atoms in total. The van der Waals surface area contributed by atoms with Crippen molar-refractivity contribution in [1.82, 2.24) is 4.57 Å². The molecule has 1 aromatic heterocycles. The number of imidazole rings is 1. The summed E-state index contributed by atoms with van der Waals surface area (Å²) in [5.74, 6) is -0.743. The highest BCUT2D eigenvalue weighted by Crippen LogP contribution is 2.16. The number of rotatable bonds is 7. The molecule has 17 heavy (non-hydrogen) atoms. The third-order valence-corrected chi connectivity index (χ3v) is 2.77. The second-order valence-corrected chi connectivity index (χ2v) is 4.23. The lowest BCUT2D eigenvalue weighted by atomic mass is 10.1. The Balaban J connectivity index is 0.00000256. The Hall–Kier alpha value is -1.03. The highest BCUT2D eigenvalue weighted by molar-refractivity contribution is 5.71. The number of hydrogen-bond donors (Lipinski definition) is 1. The van der Waals surface area contributed by atoms with Crippen molar-refractivity contribution >= 4 is 5.97 Å². The zero-order chi connectivity index (χ0) is 12.0. The molecule has 1 atom stereocenters. The van der Waals surface area contributed by atoms with Gasteiger partial charge in [-0.15, -0.1) is 0 Å². The van der Waals surface area contributed by atoms with E-state index in [0.29, 0.717) is 6.42 Å². The van der Waals surface area contributed by atoms with E-state index < -0.39 is 12.0 Å². The molecule has 1 rings (SSSR count). The van der Waals surface area contributed by atoms with Crippen molar-refractivity contribution in [2.45, 2.75) is 45.1 Å². The molecular weight excluding hydrogens is 240 g/mol. The summed E-state index contributed by atoms with van der Waals surface area (Å²) in [6.07, 6.45) is 10.7. The van der Waals surface area contributed by atoms with Crippen LogP contribution in [0, 0.1) is 0 Å². The smallest absolute Gasteiger partial charge is 0.349 e. The second kappa shape index (κ2) is 8.12. The van der Waals surface area contributed by atoms with Crippen LogP contribution in [0.15, 0.2) is 18.7 Å². The van der Waals surface area contributed by atoms with Gasteiger partial charge in [0.2, 0.25) is 6.33 Å². The maximum absolute atomic E-state index is 11.1. The zero-order valence-corrected chi connectivity index (χ0v) is 11.2. The van der Waals surface area contributed by atoms with E-state index in [-0.39, 0.29) is 12.4 Å². The average molecular weight is 261 g/mol. The van der Waals surface area contributed by atoms with Crippen molar-refractivity contribution in [2.75, 3.05) is 0 Å². The van der Waals surface area contributed by atoms with Crippen LogP contribution in [0.3, 0.4) is 0 Å². The van der Waals surface area contributed by atoms with Gasteiger partial charge >= 0.3 is 5.97 Å². The van der Waals surface area contributed by atoms with Crippen molar-refractivity contribution in [3.05, 3.63) is 18.7 Å². The van der Waals surface area contributed by atoms with Crippen LogP contribution >= 0.6 is 0 Å². The van der Waals surface area contributed by atoms with Crippen molar-refractivity contribution in [2.24, 2.45) is 7.05 Å². The molecule has 0 amide bonds. The van der Waals surface area contributed by atoms with Crippen molar-refractivity contribution < 1.29 is 26.9 Å². The number of unbranched alkanes of at least 4 members (excludes halogenated alkanes) is 3. The number of carbonyl (C=O) groups is 1. The number of carboxylic acid groups (broad SMARTS) is 1. The van der Waals surface area contributed by atoms with Gasteiger partial charge < -0.3 is 17.5 Å². The van der Waals surface area contributed by atoms with Crippen LogP contribution in [0.5, 0.6) is 0 Å². The first-order valence-electron chi connectivity index (χ1n) is 5.90. The number of halogens is 1. The minimum atomic E-state index is -0.743. The van der Waals surface area contributed by atoms with E-state index in [4.69, 9.17) is 5.11 Å². The molecule has 0 saturated heterocycles. The van der Waals surface area contributed by atoms with E-state index in [1.165, 1.54) is 12.8 Å². The van der Waals surface area contributed by atoms with E-state index in [2.05, 4.69) is 6.92 Å². The van der Waals surface area contributed by atoms with Crippen LogP contribution in [-0.4, -0.2) is 15.6 Å². The Morgan fingerprint density at radius 2 is 2.12 bits per heavy atom. The number of nitrogens with zero attached hydrogens (tertiary/aromatic N) is 2. The first kappa shape index (κ1) is 16.0. The predicted molar refractivity (Wildman–Crippen MR) is 61.0 cm³/mol. The highest BCUT2D eigenvalue weighted by atomic mass is 35.5. The number of aliphatic carboxylic acids is 1. The summed E-state index contributed by atoms with van der Waals surface area (Å²) in [6.45, 7) is 2.15. The SMILES string of the molecule is CCCCCCC(C(=O)O)n1cc[n+](C)c1.[Cl-]. The number of aromatic nitrogens is 2. The quantitative estimate of drug-likeness (QED) is 0.500. The summed E-state index contributed by atoms with van der Waals surface area (Å²) < 4.78 is 3.64. The molecule has 0 aliphatic heterocycles. The van der Waals surface area contributed by atoms with Crippen LogP contribution in [0.25, 0.3) is 0 Å². The highest BCUT2D eigenvalue weighted by Gasteiger charge is 2.23. The maximum atomic E-state index is 11.1. The molecule has 0 aromatic carbocycles.